The van der Waals surface area contributed by atoms with Crippen molar-refractivity contribution in [2.75, 3.05) is 0 Å². The molecule has 0 aliphatic heterocycles. The smallest absolute Gasteiger partial charge is 0.423 e. The third kappa shape index (κ3) is 1.68. The number of carbonyl (C=O) groups is 1. The van der Waals surface area contributed by atoms with E-state index in [0.717, 1.165) is 4.88 Å². The average Bonchev–Trinajstić information content (AvgIpc) is 2.30. The predicted molar refractivity (Wildman–Crippen MR) is 44.3 cm³/mol. The Kier molecular flexibility index (Phi) is 2.43. The Labute approximate surface area is 68.4 Å². The molecule has 1 aromatic heterocycles. The molecular formula is C6H7BO3S. The molecule has 0 aromatic carbocycles. The van der Waals surface area contributed by atoms with Gasteiger partial charge in [-0.1, -0.05) is 0 Å². The molecule has 0 radical (unpaired) electrons. The Morgan fingerprint density at radius 1 is 1.64 bits per heavy atom. The van der Waals surface area contributed by atoms with Gasteiger partial charge in [0.15, 0.2) is 6.29 Å². The monoisotopic (exact) mass is 170 g/mol. The van der Waals surface area contributed by atoms with Crippen molar-refractivity contribution in [1.82, 2.24) is 0 Å². The predicted octanol–water partition coefficient (Wildman–Crippen LogP) is -0.451. The van der Waals surface area contributed by atoms with Gasteiger partial charge in [-0.25, -0.2) is 0 Å². The fourth-order valence-electron chi connectivity index (χ4n) is 0.846. The summed E-state index contributed by atoms with van der Waals surface area (Å²) in [5.74, 6) is 0. The lowest BCUT2D eigenvalue weighted by Gasteiger charge is -1.92. The normalized spacial score (nSPS) is 9.73. The van der Waals surface area contributed by atoms with E-state index in [1.165, 1.54) is 11.3 Å². The van der Waals surface area contributed by atoms with Crippen molar-refractivity contribution in [3.8, 4) is 0 Å². The van der Waals surface area contributed by atoms with E-state index in [1.807, 2.05) is 6.92 Å². The van der Waals surface area contributed by atoms with Gasteiger partial charge in [0.25, 0.3) is 0 Å². The van der Waals surface area contributed by atoms with Crippen LogP contribution >= 0.6 is 11.3 Å². The quantitative estimate of drug-likeness (QED) is 0.466. The van der Waals surface area contributed by atoms with Gasteiger partial charge in [0.05, 0.1) is 4.88 Å². The van der Waals surface area contributed by atoms with Gasteiger partial charge in [-0.15, -0.1) is 11.3 Å². The van der Waals surface area contributed by atoms with Crippen LogP contribution in [-0.2, 0) is 0 Å². The SMILES string of the molecule is Cc1cc(B(O)O)c(C=O)s1. The summed E-state index contributed by atoms with van der Waals surface area (Å²) in [7, 11) is -1.54. The maximum absolute atomic E-state index is 10.3. The van der Waals surface area contributed by atoms with Crippen LogP contribution < -0.4 is 5.46 Å². The van der Waals surface area contributed by atoms with Gasteiger partial charge in [-0.3, -0.25) is 4.79 Å². The van der Waals surface area contributed by atoms with Gasteiger partial charge in [-0.2, -0.15) is 0 Å². The van der Waals surface area contributed by atoms with Crippen molar-refractivity contribution in [2.45, 2.75) is 6.92 Å². The molecule has 3 nitrogen and oxygen atoms in total. The Hall–Kier alpha value is -0.645. The molecule has 1 heterocycles. The lowest BCUT2D eigenvalue weighted by atomic mass is 9.80. The Morgan fingerprint density at radius 2 is 2.27 bits per heavy atom. The summed E-state index contributed by atoms with van der Waals surface area (Å²) in [5.41, 5.74) is 0.294. The van der Waals surface area contributed by atoms with Crippen molar-refractivity contribution in [2.24, 2.45) is 0 Å². The fourth-order valence-corrected chi connectivity index (χ4v) is 1.71. The minimum Gasteiger partial charge on any atom is -0.423 e. The van der Waals surface area contributed by atoms with Crippen molar-refractivity contribution in [3.63, 3.8) is 0 Å². The van der Waals surface area contributed by atoms with Gasteiger partial charge < -0.3 is 10.0 Å². The third-order valence-electron chi connectivity index (χ3n) is 1.30. The van der Waals surface area contributed by atoms with Crippen molar-refractivity contribution in [1.29, 1.82) is 0 Å². The second-order valence-corrected chi connectivity index (χ2v) is 3.46. The highest BCUT2D eigenvalue weighted by molar-refractivity contribution is 7.15. The summed E-state index contributed by atoms with van der Waals surface area (Å²) in [6.07, 6.45) is 0.631. The summed E-state index contributed by atoms with van der Waals surface area (Å²) in [6, 6.07) is 1.60. The summed E-state index contributed by atoms with van der Waals surface area (Å²) in [5, 5.41) is 17.5. The minimum atomic E-state index is -1.54. The molecule has 11 heavy (non-hydrogen) atoms. The molecule has 0 fully saturated rings. The highest BCUT2D eigenvalue weighted by Gasteiger charge is 2.17. The van der Waals surface area contributed by atoms with Crippen LogP contribution in [0.3, 0.4) is 0 Å². The molecule has 0 saturated heterocycles. The van der Waals surface area contributed by atoms with Crippen LogP contribution in [0, 0.1) is 6.92 Å². The van der Waals surface area contributed by atoms with Crippen molar-refractivity contribution >= 4 is 30.2 Å². The molecule has 58 valence electrons. The van der Waals surface area contributed by atoms with E-state index in [-0.39, 0.29) is 0 Å². The van der Waals surface area contributed by atoms with E-state index in [0.29, 0.717) is 16.6 Å². The van der Waals surface area contributed by atoms with Crippen LogP contribution in [0.25, 0.3) is 0 Å². The standard InChI is InChI=1S/C6H7BO3S/c1-4-2-5(7(9)10)6(3-8)11-4/h2-3,9-10H,1H3. The molecule has 0 spiro atoms. The maximum atomic E-state index is 10.3. The number of rotatable bonds is 2. The first-order chi connectivity index (χ1) is 5.15. The first-order valence-electron chi connectivity index (χ1n) is 3.07. The van der Waals surface area contributed by atoms with Gasteiger partial charge >= 0.3 is 7.12 Å². The Bertz CT molecular complexity index is 269. The van der Waals surface area contributed by atoms with Gasteiger partial charge in [0.1, 0.15) is 0 Å². The minimum absolute atomic E-state index is 0.294. The maximum Gasteiger partial charge on any atom is 0.490 e. The fraction of sp³-hybridized carbons (Fsp3) is 0.167. The zero-order chi connectivity index (χ0) is 8.43. The van der Waals surface area contributed by atoms with Crippen LogP contribution in [0.2, 0.25) is 0 Å². The molecular weight excluding hydrogens is 163 g/mol. The molecule has 0 aliphatic carbocycles. The second-order valence-electron chi connectivity index (χ2n) is 2.17. The molecule has 5 heteroatoms. The van der Waals surface area contributed by atoms with Crippen LogP contribution in [-0.4, -0.2) is 23.5 Å². The number of aryl methyl sites for hydroxylation is 1. The molecule has 1 aromatic rings. The number of aldehydes is 1. The third-order valence-corrected chi connectivity index (χ3v) is 2.29. The van der Waals surface area contributed by atoms with Crippen LogP contribution in [0.5, 0.6) is 0 Å². The van der Waals surface area contributed by atoms with Crippen LogP contribution in [0.1, 0.15) is 14.5 Å². The zero-order valence-electron chi connectivity index (χ0n) is 5.94. The van der Waals surface area contributed by atoms with E-state index < -0.39 is 7.12 Å². The molecule has 1 rings (SSSR count). The number of hydrogen-bond acceptors (Lipinski definition) is 4. The molecule has 0 unspecified atom stereocenters. The van der Waals surface area contributed by atoms with E-state index in [4.69, 9.17) is 10.0 Å². The molecule has 0 amide bonds. The summed E-state index contributed by atoms with van der Waals surface area (Å²) < 4.78 is 0. The second kappa shape index (κ2) is 3.17. The highest BCUT2D eigenvalue weighted by atomic mass is 32.1. The lowest BCUT2D eigenvalue weighted by molar-refractivity contribution is 0.112. The molecule has 0 atom stereocenters. The number of hydrogen-bond donors (Lipinski definition) is 2. The van der Waals surface area contributed by atoms with E-state index in [9.17, 15) is 4.79 Å². The molecule has 2 N–H and O–H groups in total. The summed E-state index contributed by atoms with van der Waals surface area (Å²) >= 11 is 1.25. The number of carbonyl (C=O) groups excluding carboxylic acids is 1. The highest BCUT2D eigenvalue weighted by Crippen LogP contribution is 2.10. The molecule has 0 bridgehead atoms. The first-order valence-corrected chi connectivity index (χ1v) is 3.88. The van der Waals surface area contributed by atoms with Gasteiger partial charge in [0.2, 0.25) is 0 Å². The topological polar surface area (TPSA) is 57.5 Å². The Balaban J connectivity index is 3.11. The van der Waals surface area contributed by atoms with Crippen molar-refractivity contribution < 1.29 is 14.8 Å². The summed E-state index contributed by atoms with van der Waals surface area (Å²) in [4.78, 5) is 11.6. The Morgan fingerprint density at radius 3 is 2.64 bits per heavy atom. The summed E-state index contributed by atoms with van der Waals surface area (Å²) in [6.45, 7) is 1.81. The molecule has 0 saturated carbocycles. The first kappa shape index (κ1) is 8.45. The van der Waals surface area contributed by atoms with Gasteiger partial charge in [-0.05, 0) is 13.0 Å². The van der Waals surface area contributed by atoms with E-state index in [1.54, 1.807) is 6.07 Å². The van der Waals surface area contributed by atoms with E-state index in [2.05, 4.69) is 0 Å². The average molecular weight is 170 g/mol. The van der Waals surface area contributed by atoms with Crippen LogP contribution in [0.4, 0.5) is 0 Å². The van der Waals surface area contributed by atoms with Crippen LogP contribution in [0.15, 0.2) is 6.07 Å². The zero-order valence-corrected chi connectivity index (χ0v) is 6.76. The lowest BCUT2D eigenvalue weighted by Crippen LogP contribution is -2.30. The largest absolute Gasteiger partial charge is 0.490 e. The molecule has 0 aliphatic rings. The number of thiophene rings is 1. The van der Waals surface area contributed by atoms with E-state index >= 15 is 0 Å². The van der Waals surface area contributed by atoms with Crippen molar-refractivity contribution in [3.05, 3.63) is 15.8 Å². The van der Waals surface area contributed by atoms with Gasteiger partial charge in [0, 0.05) is 10.3 Å².